The van der Waals surface area contributed by atoms with Gasteiger partial charge in [0, 0.05) is 13.1 Å². The molecule has 3 aromatic carbocycles. The number of rotatable bonds is 12. The van der Waals surface area contributed by atoms with Gasteiger partial charge in [0.2, 0.25) is 0 Å². The van der Waals surface area contributed by atoms with Crippen LogP contribution in [0.25, 0.3) is 10.2 Å². The van der Waals surface area contributed by atoms with Crippen molar-refractivity contribution < 1.29 is 18.8 Å². The number of fused-ring (bicyclic) bond motifs is 1. The highest BCUT2D eigenvalue weighted by Crippen LogP contribution is 2.27. The Balaban J connectivity index is 1.50. The van der Waals surface area contributed by atoms with Crippen LogP contribution in [0.2, 0.25) is 0 Å². The third-order valence-electron chi connectivity index (χ3n) is 6.05. The maximum atomic E-state index is 13.7. The van der Waals surface area contributed by atoms with Crippen LogP contribution in [-0.4, -0.2) is 49.9 Å². The Hall–Kier alpha value is -3.31. The van der Waals surface area contributed by atoms with E-state index < -0.39 is 29.2 Å². The van der Waals surface area contributed by atoms with E-state index in [1.807, 2.05) is 86.6 Å². The summed E-state index contributed by atoms with van der Waals surface area (Å²) >= 11 is 1.34. The van der Waals surface area contributed by atoms with Crippen LogP contribution in [0.5, 0.6) is 0 Å². The van der Waals surface area contributed by atoms with Gasteiger partial charge in [-0.25, -0.2) is 18.3 Å². The fraction of sp³-hybridized carbons (Fsp3) is 0.310. The van der Waals surface area contributed by atoms with E-state index in [1.165, 1.54) is 11.3 Å². The van der Waals surface area contributed by atoms with Gasteiger partial charge >= 0.3 is 6.09 Å². The second kappa shape index (κ2) is 13.7. The fourth-order valence-corrected chi connectivity index (χ4v) is 6.47. The highest BCUT2D eigenvalue weighted by molar-refractivity contribution is 7.82. The number of nitrogen functional groups attached to an aromatic ring is 1. The molecular formula is C29H34N4O4S2. The minimum absolute atomic E-state index is 0.0874. The molecule has 1 heterocycles. The molecule has 10 heteroatoms. The molecule has 4 aromatic rings. The SMILES string of the molecule is CC(C)CN(CC(O)C(Cc1ccccc1)NC(=O)OCc1ccccc1)S(=O)c1ccc2nc(N)sc2c1. The molecule has 0 spiro atoms. The smallest absolute Gasteiger partial charge is 0.407 e. The number of aromatic nitrogens is 1. The number of aliphatic hydroxyl groups excluding tert-OH is 1. The van der Waals surface area contributed by atoms with Gasteiger partial charge in [-0.1, -0.05) is 85.8 Å². The molecular weight excluding hydrogens is 532 g/mol. The lowest BCUT2D eigenvalue weighted by atomic mass is 10.0. The average molecular weight is 567 g/mol. The Morgan fingerprint density at radius 2 is 1.72 bits per heavy atom. The van der Waals surface area contributed by atoms with Gasteiger partial charge in [-0.05, 0) is 41.7 Å². The fourth-order valence-electron chi connectivity index (χ4n) is 4.20. The van der Waals surface area contributed by atoms with Crippen LogP contribution in [0.1, 0.15) is 25.0 Å². The Morgan fingerprint density at radius 3 is 2.38 bits per heavy atom. The van der Waals surface area contributed by atoms with Crippen molar-refractivity contribution in [3.8, 4) is 0 Å². The van der Waals surface area contributed by atoms with Gasteiger partial charge in [-0.3, -0.25) is 0 Å². The molecule has 0 saturated heterocycles. The number of aliphatic hydroxyl groups is 1. The Morgan fingerprint density at radius 1 is 1.05 bits per heavy atom. The molecule has 39 heavy (non-hydrogen) atoms. The number of hydrogen-bond donors (Lipinski definition) is 3. The molecule has 1 amide bonds. The maximum Gasteiger partial charge on any atom is 0.407 e. The zero-order valence-electron chi connectivity index (χ0n) is 22.0. The van der Waals surface area contributed by atoms with Crippen LogP contribution in [0.15, 0.2) is 83.8 Å². The van der Waals surface area contributed by atoms with E-state index in [-0.39, 0.29) is 19.1 Å². The quantitative estimate of drug-likeness (QED) is 0.228. The molecule has 8 nitrogen and oxygen atoms in total. The van der Waals surface area contributed by atoms with Gasteiger partial charge in [0.25, 0.3) is 0 Å². The molecule has 0 fully saturated rings. The lowest BCUT2D eigenvalue weighted by Gasteiger charge is -2.30. The number of amides is 1. The normalized spacial score (nSPS) is 13.9. The summed E-state index contributed by atoms with van der Waals surface area (Å²) < 4.78 is 21.7. The first kappa shape index (κ1) is 28.7. The number of benzene rings is 3. The molecule has 0 bridgehead atoms. The van der Waals surface area contributed by atoms with Gasteiger partial charge in [-0.2, -0.15) is 0 Å². The van der Waals surface area contributed by atoms with E-state index in [9.17, 15) is 14.1 Å². The highest BCUT2D eigenvalue weighted by atomic mass is 32.2. The number of nitrogens with zero attached hydrogens (tertiary/aromatic N) is 2. The molecule has 4 N–H and O–H groups in total. The Kier molecular flexibility index (Phi) is 10.0. The molecule has 0 radical (unpaired) electrons. The zero-order chi connectivity index (χ0) is 27.8. The lowest BCUT2D eigenvalue weighted by Crippen LogP contribution is -2.50. The summed E-state index contributed by atoms with van der Waals surface area (Å²) in [5.41, 5.74) is 8.42. The first-order valence-corrected chi connectivity index (χ1v) is 14.7. The highest BCUT2D eigenvalue weighted by Gasteiger charge is 2.28. The third-order valence-corrected chi connectivity index (χ3v) is 8.32. The maximum absolute atomic E-state index is 13.7. The number of carbonyl (C=O) groups is 1. The van der Waals surface area contributed by atoms with Crippen LogP contribution in [0, 0.1) is 5.92 Å². The predicted molar refractivity (Wildman–Crippen MR) is 157 cm³/mol. The molecule has 3 atom stereocenters. The van der Waals surface area contributed by atoms with Crippen LogP contribution >= 0.6 is 11.3 Å². The molecule has 4 rings (SSSR count). The van der Waals surface area contributed by atoms with Crippen molar-refractivity contribution in [3.63, 3.8) is 0 Å². The van der Waals surface area contributed by atoms with Gasteiger partial charge in [0.15, 0.2) is 5.13 Å². The topological polar surface area (TPSA) is 118 Å². The van der Waals surface area contributed by atoms with Crippen LogP contribution < -0.4 is 11.1 Å². The summed E-state index contributed by atoms with van der Waals surface area (Å²) in [6.07, 6.45) is -1.25. The molecule has 206 valence electrons. The van der Waals surface area contributed by atoms with Crippen LogP contribution in [-0.2, 0) is 28.8 Å². The molecule has 3 unspecified atom stereocenters. The van der Waals surface area contributed by atoms with E-state index in [2.05, 4.69) is 10.3 Å². The van der Waals surface area contributed by atoms with Gasteiger partial charge in [-0.15, -0.1) is 0 Å². The number of ether oxygens (including phenoxy) is 1. The summed E-state index contributed by atoms with van der Waals surface area (Å²) in [6, 6.07) is 23.8. The van der Waals surface area contributed by atoms with Gasteiger partial charge in [0.05, 0.1) is 27.3 Å². The van der Waals surface area contributed by atoms with Crippen LogP contribution in [0.4, 0.5) is 9.93 Å². The van der Waals surface area contributed by atoms with Crippen molar-refractivity contribution in [1.82, 2.24) is 14.6 Å². The van der Waals surface area contributed by atoms with Crippen molar-refractivity contribution >= 4 is 43.8 Å². The number of nitrogens with two attached hydrogens (primary N) is 1. The van der Waals surface area contributed by atoms with E-state index in [4.69, 9.17) is 10.5 Å². The largest absolute Gasteiger partial charge is 0.445 e. The standard InChI is InChI=1S/C29H34N4O4S2/c1-20(2)17-33(39(36)23-13-14-24-27(16-23)38-28(30)31-24)18-26(34)25(15-21-9-5-3-6-10-21)32-29(35)37-19-22-11-7-4-8-12-22/h3-14,16,20,25-26,34H,15,17-19H2,1-2H3,(H2,30,31)(H,32,35). The van der Waals surface area contributed by atoms with Crippen LogP contribution in [0.3, 0.4) is 0 Å². The van der Waals surface area contributed by atoms with Gasteiger partial charge in [0.1, 0.15) is 17.6 Å². The Labute approximate surface area is 235 Å². The monoisotopic (exact) mass is 566 g/mol. The van der Waals surface area contributed by atoms with E-state index in [1.54, 1.807) is 10.4 Å². The first-order valence-electron chi connectivity index (χ1n) is 12.8. The van der Waals surface area contributed by atoms with Crippen molar-refractivity contribution in [2.75, 3.05) is 18.8 Å². The van der Waals surface area contributed by atoms with Crippen molar-refractivity contribution in [3.05, 3.63) is 90.0 Å². The second-order valence-electron chi connectivity index (χ2n) is 9.74. The van der Waals surface area contributed by atoms with E-state index in [0.29, 0.717) is 23.0 Å². The molecule has 0 aliphatic rings. The summed E-state index contributed by atoms with van der Waals surface area (Å²) in [5.74, 6) is 0.195. The average Bonchev–Trinajstić information content (AvgIpc) is 3.31. The zero-order valence-corrected chi connectivity index (χ0v) is 23.7. The third kappa shape index (κ3) is 8.34. The predicted octanol–water partition coefficient (Wildman–Crippen LogP) is 4.76. The first-order chi connectivity index (χ1) is 18.8. The van der Waals surface area contributed by atoms with Gasteiger partial charge < -0.3 is 20.9 Å². The second-order valence-corrected chi connectivity index (χ2v) is 12.3. The van der Waals surface area contributed by atoms with Crippen molar-refractivity contribution in [1.29, 1.82) is 0 Å². The number of hydrogen-bond acceptors (Lipinski definition) is 7. The summed E-state index contributed by atoms with van der Waals surface area (Å²) in [4.78, 5) is 17.6. The number of carbonyl (C=O) groups excluding carboxylic acids is 1. The van der Waals surface area contributed by atoms with Crippen molar-refractivity contribution in [2.24, 2.45) is 5.92 Å². The number of anilines is 1. The molecule has 0 aliphatic carbocycles. The summed E-state index contributed by atoms with van der Waals surface area (Å²) in [6.45, 7) is 4.76. The van der Waals surface area contributed by atoms with Crippen molar-refractivity contribution in [2.45, 2.75) is 43.9 Å². The number of nitrogens with one attached hydrogen (secondary N) is 1. The van der Waals surface area contributed by atoms with E-state index >= 15 is 0 Å². The molecule has 0 aliphatic heterocycles. The number of thiazole rings is 1. The summed E-state index contributed by atoms with van der Waals surface area (Å²) in [7, 11) is -1.55. The summed E-state index contributed by atoms with van der Waals surface area (Å²) in [5, 5.41) is 14.7. The molecule has 1 aromatic heterocycles. The minimum atomic E-state index is -1.55. The molecule has 0 saturated carbocycles. The van der Waals surface area contributed by atoms with E-state index in [0.717, 1.165) is 21.3 Å². The number of alkyl carbamates (subject to hydrolysis) is 1. The minimum Gasteiger partial charge on any atom is -0.445 e. The lowest BCUT2D eigenvalue weighted by molar-refractivity contribution is 0.0883. The Bertz CT molecular complexity index is 1380.